The van der Waals surface area contributed by atoms with Crippen LogP contribution in [0.3, 0.4) is 0 Å². The molecule has 1 aromatic rings. The lowest BCUT2D eigenvalue weighted by molar-refractivity contribution is 0.0852. The zero-order valence-corrected chi connectivity index (χ0v) is 12.2. The summed E-state index contributed by atoms with van der Waals surface area (Å²) in [5.41, 5.74) is 6.16. The third kappa shape index (κ3) is 3.10. The zero-order chi connectivity index (χ0) is 14.8. The van der Waals surface area contributed by atoms with Gasteiger partial charge in [0.1, 0.15) is 5.56 Å². The lowest BCUT2D eigenvalue weighted by Gasteiger charge is -2.39. The highest BCUT2D eigenvalue weighted by atomic mass is 16.2. The second-order valence-corrected chi connectivity index (χ2v) is 6.03. The first-order chi connectivity index (χ1) is 9.46. The van der Waals surface area contributed by atoms with Gasteiger partial charge >= 0.3 is 0 Å². The van der Waals surface area contributed by atoms with E-state index < -0.39 is 0 Å². The summed E-state index contributed by atoms with van der Waals surface area (Å²) in [5.74, 6) is 0.217. The number of rotatable bonds is 3. The van der Waals surface area contributed by atoms with Gasteiger partial charge in [0.25, 0.3) is 5.91 Å². The summed E-state index contributed by atoms with van der Waals surface area (Å²) < 4.78 is 0. The Balaban J connectivity index is 2.19. The van der Waals surface area contributed by atoms with E-state index >= 15 is 0 Å². The van der Waals surface area contributed by atoms with E-state index in [-0.39, 0.29) is 22.4 Å². The van der Waals surface area contributed by atoms with Gasteiger partial charge in [0.05, 0.1) is 5.54 Å². The Kier molecular flexibility index (Phi) is 4.28. The molecule has 0 saturated heterocycles. The van der Waals surface area contributed by atoms with Crippen molar-refractivity contribution in [2.24, 2.45) is 11.7 Å². The van der Waals surface area contributed by atoms with Crippen molar-refractivity contribution in [3.05, 3.63) is 33.7 Å². The number of hydrogen-bond acceptors (Lipinski definition) is 3. The van der Waals surface area contributed by atoms with Crippen molar-refractivity contribution in [1.82, 2.24) is 10.3 Å². The molecule has 0 aromatic carbocycles. The molecule has 1 heterocycles. The van der Waals surface area contributed by atoms with Gasteiger partial charge in [0, 0.05) is 24.5 Å². The van der Waals surface area contributed by atoms with E-state index in [0.717, 1.165) is 25.0 Å². The van der Waals surface area contributed by atoms with Crippen LogP contribution in [0.15, 0.2) is 17.1 Å². The Bertz CT molecular complexity index is 552. The number of pyridine rings is 1. The van der Waals surface area contributed by atoms with E-state index in [4.69, 9.17) is 5.73 Å². The number of aromatic nitrogens is 1. The average Bonchev–Trinajstić information content (AvgIpc) is 2.38. The molecular formula is C15H23N3O2. The minimum atomic E-state index is -0.369. The number of hydrogen-bond donors (Lipinski definition) is 3. The lowest BCUT2D eigenvalue weighted by atomic mass is 9.76. The van der Waals surface area contributed by atoms with Crippen LogP contribution in [0.25, 0.3) is 0 Å². The molecule has 1 amide bonds. The smallest absolute Gasteiger partial charge is 0.257 e. The van der Waals surface area contributed by atoms with Crippen LogP contribution in [0, 0.1) is 12.8 Å². The molecule has 0 aliphatic heterocycles. The number of carbonyl (C=O) groups is 1. The number of H-pyrrole nitrogens is 1. The number of nitrogens with one attached hydrogen (secondary N) is 2. The van der Waals surface area contributed by atoms with Gasteiger partial charge in [0.2, 0.25) is 0 Å². The van der Waals surface area contributed by atoms with E-state index in [0.29, 0.717) is 12.5 Å². The van der Waals surface area contributed by atoms with Crippen LogP contribution in [0.5, 0.6) is 0 Å². The van der Waals surface area contributed by atoms with Crippen molar-refractivity contribution in [2.75, 3.05) is 6.54 Å². The number of aryl methyl sites for hydroxylation is 1. The predicted octanol–water partition coefficient (Wildman–Crippen LogP) is 1.32. The van der Waals surface area contributed by atoms with Gasteiger partial charge < -0.3 is 16.0 Å². The molecule has 2 rings (SSSR count). The van der Waals surface area contributed by atoms with Gasteiger partial charge in [-0.25, -0.2) is 0 Å². The molecule has 1 fully saturated rings. The largest absolute Gasteiger partial charge is 0.364 e. The Labute approximate surface area is 119 Å². The quantitative estimate of drug-likeness (QED) is 0.778. The number of nitrogens with two attached hydrogens (primary N) is 1. The standard InChI is InChI=1S/C15H23N3O2/c1-10-4-3-5-15(7-10,9-16)18-14(20)12-8-17-11(2)6-13(12)19/h6,8,10H,3-5,7,9,16H2,1-2H3,(H,17,19)(H,18,20). The Hall–Kier alpha value is -1.62. The van der Waals surface area contributed by atoms with Gasteiger partial charge in [-0.05, 0) is 25.7 Å². The van der Waals surface area contributed by atoms with Crippen LogP contribution in [-0.4, -0.2) is 23.0 Å². The van der Waals surface area contributed by atoms with Gasteiger partial charge in [-0.3, -0.25) is 9.59 Å². The van der Waals surface area contributed by atoms with Crippen LogP contribution in [0.2, 0.25) is 0 Å². The molecule has 1 aromatic heterocycles. The second kappa shape index (κ2) is 5.79. The Morgan fingerprint density at radius 1 is 1.60 bits per heavy atom. The molecule has 5 heteroatoms. The van der Waals surface area contributed by atoms with Gasteiger partial charge in [-0.15, -0.1) is 0 Å². The molecule has 0 radical (unpaired) electrons. The first-order valence-corrected chi connectivity index (χ1v) is 7.18. The summed E-state index contributed by atoms with van der Waals surface area (Å²) in [6.07, 6.45) is 5.46. The Morgan fingerprint density at radius 2 is 2.35 bits per heavy atom. The predicted molar refractivity (Wildman–Crippen MR) is 78.7 cm³/mol. The van der Waals surface area contributed by atoms with Gasteiger partial charge in [0.15, 0.2) is 5.43 Å². The molecule has 1 aliphatic carbocycles. The maximum Gasteiger partial charge on any atom is 0.257 e. The normalized spacial score (nSPS) is 26.2. The maximum atomic E-state index is 12.3. The summed E-state index contributed by atoms with van der Waals surface area (Å²) >= 11 is 0. The Morgan fingerprint density at radius 3 is 2.95 bits per heavy atom. The van der Waals surface area contributed by atoms with E-state index in [1.54, 1.807) is 6.92 Å². The van der Waals surface area contributed by atoms with Crippen LogP contribution < -0.4 is 16.5 Å². The molecular weight excluding hydrogens is 254 g/mol. The molecule has 20 heavy (non-hydrogen) atoms. The van der Waals surface area contributed by atoms with E-state index in [2.05, 4.69) is 17.2 Å². The summed E-state index contributed by atoms with van der Waals surface area (Å²) in [6, 6.07) is 1.44. The van der Waals surface area contributed by atoms with Crippen LogP contribution >= 0.6 is 0 Å². The van der Waals surface area contributed by atoms with Crippen molar-refractivity contribution < 1.29 is 4.79 Å². The van der Waals surface area contributed by atoms with E-state index in [1.807, 2.05) is 0 Å². The number of amides is 1. The number of aromatic amines is 1. The van der Waals surface area contributed by atoms with E-state index in [1.165, 1.54) is 18.7 Å². The minimum absolute atomic E-state index is 0.154. The lowest BCUT2D eigenvalue weighted by Crippen LogP contribution is -2.56. The molecule has 0 bridgehead atoms. The summed E-state index contributed by atoms with van der Waals surface area (Å²) in [7, 11) is 0. The molecule has 0 spiro atoms. The highest BCUT2D eigenvalue weighted by Gasteiger charge is 2.35. The maximum absolute atomic E-state index is 12.3. The SMILES string of the molecule is Cc1cc(=O)c(C(=O)NC2(CN)CCCC(C)C2)c[nH]1. The van der Waals surface area contributed by atoms with Crippen molar-refractivity contribution in [2.45, 2.75) is 45.1 Å². The van der Waals surface area contributed by atoms with Crippen LogP contribution in [0.4, 0.5) is 0 Å². The fraction of sp³-hybridized carbons (Fsp3) is 0.600. The molecule has 2 unspecified atom stereocenters. The first-order valence-electron chi connectivity index (χ1n) is 7.18. The van der Waals surface area contributed by atoms with Gasteiger partial charge in [-0.2, -0.15) is 0 Å². The third-order valence-electron chi connectivity index (χ3n) is 4.16. The van der Waals surface area contributed by atoms with Gasteiger partial charge in [-0.1, -0.05) is 19.8 Å². The minimum Gasteiger partial charge on any atom is -0.364 e. The van der Waals surface area contributed by atoms with Crippen molar-refractivity contribution in [3.8, 4) is 0 Å². The molecule has 2 atom stereocenters. The second-order valence-electron chi connectivity index (χ2n) is 6.03. The summed E-state index contributed by atoms with van der Waals surface area (Å²) in [5, 5.41) is 3.01. The zero-order valence-electron chi connectivity index (χ0n) is 12.2. The fourth-order valence-corrected chi connectivity index (χ4v) is 3.07. The van der Waals surface area contributed by atoms with Crippen molar-refractivity contribution in [1.29, 1.82) is 0 Å². The first kappa shape index (κ1) is 14.8. The van der Waals surface area contributed by atoms with Crippen molar-refractivity contribution in [3.63, 3.8) is 0 Å². The third-order valence-corrected chi connectivity index (χ3v) is 4.16. The molecule has 1 aliphatic rings. The topological polar surface area (TPSA) is 88.0 Å². The average molecular weight is 277 g/mol. The number of carbonyl (C=O) groups excluding carboxylic acids is 1. The monoisotopic (exact) mass is 277 g/mol. The molecule has 1 saturated carbocycles. The highest BCUT2D eigenvalue weighted by Crippen LogP contribution is 2.31. The molecule has 110 valence electrons. The fourth-order valence-electron chi connectivity index (χ4n) is 3.07. The van der Waals surface area contributed by atoms with Crippen molar-refractivity contribution >= 4 is 5.91 Å². The van der Waals surface area contributed by atoms with E-state index in [9.17, 15) is 9.59 Å². The molecule has 4 N–H and O–H groups in total. The summed E-state index contributed by atoms with van der Waals surface area (Å²) in [6.45, 7) is 4.37. The summed E-state index contributed by atoms with van der Waals surface area (Å²) in [4.78, 5) is 27.1. The van der Waals surface area contributed by atoms with Crippen LogP contribution in [-0.2, 0) is 0 Å². The molecule has 5 nitrogen and oxygen atoms in total. The highest BCUT2D eigenvalue weighted by molar-refractivity contribution is 5.94. The van der Waals surface area contributed by atoms with Crippen LogP contribution in [0.1, 0.15) is 48.7 Å².